The molecule has 1 aliphatic heterocycles. The van der Waals surface area contributed by atoms with Crippen molar-refractivity contribution in [3.8, 4) is 11.5 Å². The number of ether oxygens (including phenoxy) is 3. The van der Waals surface area contributed by atoms with Crippen molar-refractivity contribution in [3.05, 3.63) is 22.7 Å². The number of esters is 1. The van der Waals surface area contributed by atoms with E-state index in [0.717, 1.165) is 5.56 Å². The summed E-state index contributed by atoms with van der Waals surface area (Å²) in [6.07, 6.45) is -0.118. The first-order valence-corrected chi connectivity index (χ1v) is 5.73. The molecule has 2 rings (SSSR count). The van der Waals surface area contributed by atoms with Crippen molar-refractivity contribution in [3.63, 3.8) is 0 Å². The normalized spacial score (nSPS) is 17.2. The van der Waals surface area contributed by atoms with E-state index in [-0.39, 0.29) is 5.97 Å². The lowest BCUT2D eigenvalue weighted by molar-refractivity contribution is -0.150. The summed E-state index contributed by atoms with van der Waals surface area (Å²) >= 11 is 6.10. The van der Waals surface area contributed by atoms with E-state index in [0.29, 0.717) is 29.5 Å². The SMILES string of the molecule is CCOC(=O)C1Cc2ccc(OC)c(Cl)c2O1. The third kappa shape index (κ3) is 2.17. The molecule has 1 heterocycles. The van der Waals surface area contributed by atoms with Crippen LogP contribution in [0.3, 0.4) is 0 Å². The Morgan fingerprint density at radius 3 is 3.00 bits per heavy atom. The lowest BCUT2D eigenvalue weighted by Gasteiger charge is -2.10. The highest BCUT2D eigenvalue weighted by atomic mass is 35.5. The maximum absolute atomic E-state index is 11.6. The van der Waals surface area contributed by atoms with Gasteiger partial charge in [0.2, 0.25) is 0 Å². The highest BCUT2D eigenvalue weighted by Gasteiger charge is 2.32. The van der Waals surface area contributed by atoms with Gasteiger partial charge in [0.25, 0.3) is 0 Å². The van der Waals surface area contributed by atoms with E-state index < -0.39 is 6.10 Å². The summed E-state index contributed by atoms with van der Waals surface area (Å²) < 4.78 is 15.5. The minimum Gasteiger partial charge on any atom is -0.495 e. The second-order valence-electron chi connectivity index (χ2n) is 3.63. The molecular weight excluding hydrogens is 244 g/mol. The molecule has 92 valence electrons. The first-order chi connectivity index (χ1) is 8.17. The number of hydrogen-bond donors (Lipinski definition) is 0. The van der Waals surface area contributed by atoms with Gasteiger partial charge in [-0.1, -0.05) is 17.7 Å². The van der Waals surface area contributed by atoms with Gasteiger partial charge in [0, 0.05) is 12.0 Å². The fourth-order valence-electron chi connectivity index (χ4n) is 1.77. The smallest absolute Gasteiger partial charge is 0.347 e. The van der Waals surface area contributed by atoms with Crippen LogP contribution in [0.2, 0.25) is 5.02 Å². The molecule has 1 aromatic carbocycles. The fourth-order valence-corrected chi connectivity index (χ4v) is 2.08. The Kier molecular flexibility index (Phi) is 3.43. The van der Waals surface area contributed by atoms with Crippen LogP contribution in [0.15, 0.2) is 12.1 Å². The van der Waals surface area contributed by atoms with E-state index in [1.54, 1.807) is 13.0 Å². The number of halogens is 1. The largest absolute Gasteiger partial charge is 0.495 e. The Morgan fingerprint density at radius 2 is 2.35 bits per heavy atom. The lowest BCUT2D eigenvalue weighted by atomic mass is 10.1. The molecule has 1 aromatic rings. The van der Waals surface area contributed by atoms with E-state index in [4.69, 9.17) is 25.8 Å². The fraction of sp³-hybridized carbons (Fsp3) is 0.417. The van der Waals surface area contributed by atoms with Crippen molar-refractivity contribution in [1.29, 1.82) is 0 Å². The minimum atomic E-state index is -0.602. The van der Waals surface area contributed by atoms with Crippen LogP contribution in [0.4, 0.5) is 0 Å². The quantitative estimate of drug-likeness (QED) is 0.778. The maximum Gasteiger partial charge on any atom is 0.347 e. The minimum absolute atomic E-state index is 0.339. The van der Waals surface area contributed by atoms with Gasteiger partial charge in [0.05, 0.1) is 13.7 Å². The van der Waals surface area contributed by atoms with Gasteiger partial charge in [-0.3, -0.25) is 0 Å². The molecule has 17 heavy (non-hydrogen) atoms. The van der Waals surface area contributed by atoms with Crippen molar-refractivity contribution in [2.45, 2.75) is 19.4 Å². The van der Waals surface area contributed by atoms with Crippen LogP contribution in [-0.2, 0) is 16.0 Å². The van der Waals surface area contributed by atoms with E-state index >= 15 is 0 Å². The molecule has 0 saturated carbocycles. The van der Waals surface area contributed by atoms with Gasteiger partial charge >= 0.3 is 5.97 Å². The molecule has 0 fully saturated rings. The molecule has 0 aliphatic carbocycles. The van der Waals surface area contributed by atoms with Crippen molar-refractivity contribution >= 4 is 17.6 Å². The Morgan fingerprint density at radius 1 is 1.59 bits per heavy atom. The van der Waals surface area contributed by atoms with Crippen LogP contribution >= 0.6 is 11.6 Å². The van der Waals surface area contributed by atoms with Crippen molar-refractivity contribution in [1.82, 2.24) is 0 Å². The Labute approximate surface area is 104 Å². The molecule has 1 atom stereocenters. The molecule has 1 unspecified atom stereocenters. The highest BCUT2D eigenvalue weighted by Crippen LogP contribution is 2.41. The summed E-state index contributed by atoms with van der Waals surface area (Å²) in [5.74, 6) is 0.692. The summed E-state index contributed by atoms with van der Waals surface area (Å²) in [4.78, 5) is 11.6. The van der Waals surface area contributed by atoms with Crippen LogP contribution in [0, 0.1) is 0 Å². The number of carbonyl (C=O) groups excluding carboxylic acids is 1. The van der Waals surface area contributed by atoms with Gasteiger partial charge in [-0.15, -0.1) is 0 Å². The van der Waals surface area contributed by atoms with E-state index in [1.807, 2.05) is 6.07 Å². The zero-order valence-electron chi connectivity index (χ0n) is 9.66. The maximum atomic E-state index is 11.6. The van der Waals surface area contributed by atoms with Gasteiger partial charge in [-0.2, -0.15) is 0 Å². The molecule has 0 amide bonds. The first-order valence-electron chi connectivity index (χ1n) is 5.36. The Balaban J connectivity index is 2.22. The molecule has 5 heteroatoms. The van der Waals surface area contributed by atoms with E-state index in [9.17, 15) is 4.79 Å². The molecular formula is C12H13ClO4. The van der Waals surface area contributed by atoms with Crippen LogP contribution in [-0.4, -0.2) is 25.8 Å². The Bertz CT molecular complexity index is 444. The van der Waals surface area contributed by atoms with E-state index in [1.165, 1.54) is 7.11 Å². The molecule has 0 bridgehead atoms. The number of fused-ring (bicyclic) bond motifs is 1. The summed E-state index contributed by atoms with van der Waals surface area (Å²) in [6.45, 7) is 2.10. The van der Waals surface area contributed by atoms with Crippen molar-refractivity contribution in [2.24, 2.45) is 0 Å². The number of hydrogen-bond acceptors (Lipinski definition) is 4. The average Bonchev–Trinajstić information content (AvgIpc) is 2.75. The van der Waals surface area contributed by atoms with Crippen LogP contribution in [0.1, 0.15) is 12.5 Å². The summed E-state index contributed by atoms with van der Waals surface area (Å²) in [5.41, 5.74) is 0.897. The summed E-state index contributed by atoms with van der Waals surface area (Å²) in [6, 6.07) is 3.61. The van der Waals surface area contributed by atoms with Gasteiger partial charge in [0.15, 0.2) is 6.10 Å². The van der Waals surface area contributed by atoms with Crippen molar-refractivity contribution < 1.29 is 19.0 Å². The summed E-state index contributed by atoms with van der Waals surface area (Å²) in [7, 11) is 1.53. The van der Waals surface area contributed by atoms with Gasteiger partial charge < -0.3 is 14.2 Å². The van der Waals surface area contributed by atoms with Crippen LogP contribution in [0.25, 0.3) is 0 Å². The second-order valence-corrected chi connectivity index (χ2v) is 4.01. The standard InChI is InChI=1S/C12H13ClO4/c1-3-16-12(14)9-6-7-4-5-8(15-2)10(13)11(7)17-9/h4-5,9H,3,6H2,1-2H3. The molecule has 1 aliphatic rings. The zero-order chi connectivity index (χ0) is 12.4. The zero-order valence-corrected chi connectivity index (χ0v) is 10.4. The van der Waals surface area contributed by atoms with Gasteiger partial charge in [-0.25, -0.2) is 4.79 Å². The topological polar surface area (TPSA) is 44.8 Å². The predicted molar refractivity (Wildman–Crippen MR) is 62.8 cm³/mol. The van der Waals surface area contributed by atoms with Crippen molar-refractivity contribution in [2.75, 3.05) is 13.7 Å². The number of rotatable bonds is 3. The third-order valence-electron chi connectivity index (χ3n) is 2.58. The van der Waals surface area contributed by atoms with E-state index in [2.05, 4.69) is 0 Å². The molecule has 0 saturated heterocycles. The van der Waals surface area contributed by atoms with Crippen LogP contribution in [0.5, 0.6) is 11.5 Å². The molecule has 4 nitrogen and oxygen atoms in total. The number of carbonyl (C=O) groups is 1. The van der Waals surface area contributed by atoms with Gasteiger partial charge in [0.1, 0.15) is 16.5 Å². The number of methoxy groups -OCH3 is 1. The average molecular weight is 257 g/mol. The summed E-state index contributed by atoms with van der Waals surface area (Å²) in [5, 5.41) is 0.400. The van der Waals surface area contributed by atoms with Crippen LogP contribution < -0.4 is 9.47 Å². The predicted octanol–water partition coefficient (Wildman–Crippen LogP) is 2.22. The monoisotopic (exact) mass is 256 g/mol. The molecule has 0 spiro atoms. The van der Waals surface area contributed by atoms with Gasteiger partial charge in [-0.05, 0) is 13.0 Å². The molecule has 0 radical (unpaired) electrons. The number of benzene rings is 1. The molecule has 0 aromatic heterocycles. The first kappa shape index (κ1) is 12.0. The Hall–Kier alpha value is -1.42. The lowest BCUT2D eigenvalue weighted by Crippen LogP contribution is -2.27. The second kappa shape index (κ2) is 4.84. The third-order valence-corrected chi connectivity index (χ3v) is 2.94. The highest BCUT2D eigenvalue weighted by molar-refractivity contribution is 6.33. The molecule has 0 N–H and O–H groups in total.